The molecule has 0 aliphatic heterocycles. The molecule has 110 valence electrons. The molecule has 0 spiro atoms. The molecule has 0 unspecified atom stereocenters. The average Bonchev–Trinajstić information content (AvgIpc) is 2.51. The second-order valence-electron chi connectivity index (χ2n) is 3.94. The standard InChI is InChI=1S/C15H15NO2.2ClH.Zr/c1-16-10-12-8-13(18-2)9-14(15(12)17)11-6-4-3-5-7-11;;;/h3-10,17H,1-2H3;2*1H;/q;;;+2/p-2. The number of phenols is 1. The van der Waals surface area contributed by atoms with Crippen LogP contribution in [0.1, 0.15) is 5.56 Å². The molecule has 2 aromatic carbocycles. The molecular formula is C15H15Cl2NO2Zr. The molecule has 0 heterocycles. The number of benzene rings is 2. The summed E-state index contributed by atoms with van der Waals surface area (Å²) in [4.78, 5) is 3.94. The van der Waals surface area contributed by atoms with Gasteiger partial charge in [0.1, 0.15) is 11.5 Å². The summed E-state index contributed by atoms with van der Waals surface area (Å²) in [7, 11) is 13.1. The Bertz CT molecular complexity index is 592. The number of aromatic hydroxyl groups is 1. The van der Waals surface area contributed by atoms with Gasteiger partial charge in [-0.1, -0.05) is 30.3 Å². The Morgan fingerprint density at radius 1 is 1.19 bits per heavy atom. The number of ether oxygens (including phenoxy) is 1. The van der Waals surface area contributed by atoms with E-state index in [1.807, 2.05) is 36.4 Å². The van der Waals surface area contributed by atoms with Crippen LogP contribution in [0.5, 0.6) is 11.5 Å². The second kappa shape index (κ2) is 9.99. The number of aliphatic imine (C=N–C) groups is 1. The maximum atomic E-state index is 10.2. The Labute approximate surface area is 143 Å². The van der Waals surface area contributed by atoms with Gasteiger partial charge < -0.3 is 9.84 Å². The molecule has 3 nitrogen and oxygen atoms in total. The van der Waals surface area contributed by atoms with Crippen LogP contribution in [-0.2, 0) is 20.8 Å². The molecular weight excluding hydrogens is 388 g/mol. The topological polar surface area (TPSA) is 41.8 Å². The number of methoxy groups -OCH3 is 1. The van der Waals surface area contributed by atoms with Crippen molar-refractivity contribution < 1.29 is 30.7 Å². The molecule has 6 heteroatoms. The SMILES string of the molecule is CN=Cc1cc(OC)cc(-c2ccccc2)c1O.[Cl][Zr][Cl]. The zero-order chi connectivity index (χ0) is 15.7. The molecule has 0 aromatic heterocycles. The Morgan fingerprint density at radius 3 is 2.33 bits per heavy atom. The van der Waals surface area contributed by atoms with Crippen molar-refractivity contribution in [2.45, 2.75) is 0 Å². The van der Waals surface area contributed by atoms with Gasteiger partial charge in [0, 0.05) is 24.4 Å². The fourth-order valence-corrected chi connectivity index (χ4v) is 1.82. The molecule has 0 saturated carbocycles. The molecule has 0 bridgehead atoms. The van der Waals surface area contributed by atoms with Crippen LogP contribution in [0, 0.1) is 0 Å². The monoisotopic (exact) mass is 401 g/mol. The summed E-state index contributed by atoms with van der Waals surface area (Å²) >= 11 is -0.826. The minimum absolute atomic E-state index is 0.215. The summed E-state index contributed by atoms with van der Waals surface area (Å²) in [6, 6.07) is 13.3. The summed E-state index contributed by atoms with van der Waals surface area (Å²) in [5.41, 5.74) is 2.33. The van der Waals surface area contributed by atoms with Crippen molar-refractivity contribution in [3.8, 4) is 22.6 Å². The fourth-order valence-electron chi connectivity index (χ4n) is 1.82. The zero-order valence-electron chi connectivity index (χ0n) is 11.7. The number of hydrogen-bond acceptors (Lipinski definition) is 3. The summed E-state index contributed by atoms with van der Waals surface area (Å²) in [6.45, 7) is 0. The van der Waals surface area contributed by atoms with Gasteiger partial charge >= 0.3 is 37.9 Å². The van der Waals surface area contributed by atoms with Crippen molar-refractivity contribution in [2.75, 3.05) is 14.2 Å². The summed E-state index contributed by atoms with van der Waals surface area (Å²) in [5.74, 6) is 0.911. The van der Waals surface area contributed by atoms with Crippen LogP contribution in [-0.4, -0.2) is 25.5 Å². The molecule has 0 aliphatic carbocycles. The third-order valence-electron chi connectivity index (χ3n) is 2.70. The number of phenolic OH excluding ortho intramolecular Hbond substituents is 1. The third-order valence-corrected chi connectivity index (χ3v) is 2.70. The van der Waals surface area contributed by atoms with Crippen molar-refractivity contribution in [2.24, 2.45) is 4.99 Å². The number of rotatable bonds is 3. The maximum absolute atomic E-state index is 10.2. The molecule has 0 radical (unpaired) electrons. The first-order valence-electron chi connectivity index (χ1n) is 6.02. The molecule has 0 atom stereocenters. The number of hydrogen-bond donors (Lipinski definition) is 1. The minimum atomic E-state index is -0.826. The molecule has 21 heavy (non-hydrogen) atoms. The van der Waals surface area contributed by atoms with Crippen molar-refractivity contribution in [1.29, 1.82) is 0 Å². The predicted octanol–water partition coefficient (Wildman–Crippen LogP) is 4.49. The molecule has 2 rings (SSSR count). The number of halogens is 2. The van der Waals surface area contributed by atoms with Crippen LogP contribution in [0.3, 0.4) is 0 Å². The van der Waals surface area contributed by atoms with Crippen molar-refractivity contribution in [1.82, 2.24) is 0 Å². The summed E-state index contributed by atoms with van der Waals surface area (Å²) < 4.78 is 5.25. The van der Waals surface area contributed by atoms with E-state index in [9.17, 15) is 5.11 Å². The third kappa shape index (κ3) is 5.46. The predicted molar refractivity (Wildman–Crippen MR) is 85.3 cm³/mol. The van der Waals surface area contributed by atoms with Crippen LogP contribution in [0.25, 0.3) is 11.1 Å². The first-order valence-corrected chi connectivity index (χ1v) is 12.4. The molecule has 0 saturated heterocycles. The van der Waals surface area contributed by atoms with Crippen LogP contribution in [0.2, 0.25) is 0 Å². The Kier molecular flexibility index (Phi) is 8.67. The quantitative estimate of drug-likeness (QED) is 0.767. The second-order valence-corrected chi connectivity index (χ2v) is 7.67. The van der Waals surface area contributed by atoms with Gasteiger partial charge in [0.05, 0.1) is 7.11 Å². The zero-order valence-corrected chi connectivity index (χ0v) is 15.6. The van der Waals surface area contributed by atoms with Crippen molar-refractivity contribution in [3.05, 3.63) is 48.0 Å². The molecule has 2 aromatic rings. The van der Waals surface area contributed by atoms with E-state index in [4.69, 9.17) is 21.8 Å². The van der Waals surface area contributed by atoms with Crippen LogP contribution < -0.4 is 4.74 Å². The molecule has 0 amide bonds. The van der Waals surface area contributed by atoms with E-state index in [2.05, 4.69) is 4.99 Å². The van der Waals surface area contributed by atoms with Gasteiger partial charge in [-0.05, 0) is 17.7 Å². The normalized spacial score (nSPS) is 9.90. The van der Waals surface area contributed by atoms with Gasteiger partial charge in [0.25, 0.3) is 0 Å². The van der Waals surface area contributed by atoms with E-state index in [1.54, 1.807) is 26.4 Å². The van der Waals surface area contributed by atoms with Gasteiger partial charge in [0.15, 0.2) is 0 Å². The first-order chi connectivity index (χ1) is 10.2. The Hall–Kier alpha value is -0.827. The first kappa shape index (κ1) is 18.2. The average molecular weight is 403 g/mol. The van der Waals surface area contributed by atoms with E-state index in [1.165, 1.54) is 0 Å². The molecule has 1 N–H and O–H groups in total. The molecule has 0 aliphatic rings. The fraction of sp³-hybridized carbons (Fsp3) is 0.133. The van der Waals surface area contributed by atoms with E-state index < -0.39 is 20.8 Å². The Balaban J connectivity index is 0.000000677. The molecule has 0 fully saturated rings. The van der Waals surface area contributed by atoms with Crippen LogP contribution >= 0.6 is 17.0 Å². The Morgan fingerprint density at radius 2 is 1.81 bits per heavy atom. The van der Waals surface area contributed by atoms with E-state index in [-0.39, 0.29) is 5.75 Å². The van der Waals surface area contributed by atoms with E-state index >= 15 is 0 Å². The van der Waals surface area contributed by atoms with Crippen molar-refractivity contribution in [3.63, 3.8) is 0 Å². The summed E-state index contributed by atoms with van der Waals surface area (Å²) in [6.07, 6.45) is 1.62. The van der Waals surface area contributed by atoms with E-state index in [0.29, 0.717) is 11.3 Å². The van der Waals surface area contributed by atoms with Crippen LogP contribution in [0.4, 0.5) is 0 Å². The van der Waals surface area contributed by atoms with Gasteiger partial charge in [0.2, 0.25) is 0 Å². The number of nitrogens with zero attached hydrogens (tertiary/aromatic N) is 1. The van der Waals surface area contributed by atoms with Crippen LogP contribution in [0.15, 0.2) is 47.5 Å². The van der Waals surface area contributed by atoms with Gasteiger partial charge in [-0.3, -0.25) is 4.99 Å². The van der Waals surface area contributed by atoms with Gasteiger partial charge in [-0.15, -0.1) is 0 Å². The van der Waals surface area contributed by atoms with Gasteiger partial charge in [-0.2, -0.15) is 0 Å². The van der Waals surface area contributed by atoms with Gasteiger partial charge in [-0.25, -0.2) is 0 Å². The summed E-state index contributed by atoms with van der Waals surface area (Å²) in [5, 5.41) is 10.2. The van der Waals surface area contributed by atoms with E-state index in [0.717, 1.165) is 11.1 Å². The van der Waals surface area contributed by atoms with Crippen molar-refractivity contribution >= 4 is 23.2 Å².